The first-order chi connectivity index (χ1) is 13.7. The predicted octanol–water partition coefficient (Wildman–Crippen LogP) is 4.90. The fourth-order valence-electron chi connectivity index (χ4n) is 3.30. The summed E-state index contributed by atoms with van der Waals surface area (Å²) in [5.74, 6) is 1.97. The van der Waals surface area contributed by atoms with E-state index in [2.05, 4.69) is 49.6 Å². The molecule has 0 unspecified atom stereocenters. The molecular weight excluding hydrogens is 346 g/mol. The molecule has 0 spiro atoms. The maximum Gasteiger partial charge on any atom is 0.129 e. The van der Waals surface area contributed by atoms with Crippen LogP contribution in [0, 0.1) is 0 Å². The van der Waals surface area contributed by atoms with Crippen LogP contribution < -0.4 is 9.80 Å². The number of aromatic nitrogens is 3. The van der Waals surface area contributed by atoms with E-state index in [4.69, 9.17) is 15.0 Å². The van der Waals surface area contributed by atoms with E-state index in [0.29, 0.717) is 0 Å². The van der Waals surface area contributed by atoms with Gasteiger partial charge in [0, 0.05) is 26.2 Å². The van der Waals surface area contributed by atoms with Crippen molar-refractivity contribution in [2.75, 3.05) is 36.0 Å². The van der Waals surface area contributed by atoms with Crippen molar-refractivity contribution < 1.29 is 0 Å². The zero-order valence-electron chi connectivity index (χ0n) is 17.3. The molecule has 5 heteroatoms. The first kappa shape index (κ1) is 19.8. The molecule has 0 radical (unpaired) electrons. The molecule has 5 nitrogen and oxygen atoms in total. The maximum absolute atomic E-state index is 4.86. The van der Waals surface area contributed by atoms with Gasteiger partial charge in [0.05, 0.1) is 22.8 Å². The van der Waals surface area contributed by atoms with Gasteiger partial charge in [0.15, 0.2) is 0 Å². The molecule has 0 aliphatic carbocycles. The van der Waals surface area contributed by atoms with Crippen LogP contribution in [0.25, 0.3) is 22.8 Å². The SMILES string of the molecule is CCN(CC)c1cccc(-c2cccc(-c3cccc(N(CC)CC)n3)n2)n1. The Kier molecular flexibility index (Phi) is 6.58. The first-order valence-corrected chi connectivity index (χ1v) is 10.1. The van der Waals surface area contributed by atoms with E-state index in [9.17, 15) is 0 Å². The van der Waals surface area contributed by atoms with Gasteiger partial charge in [-0.1, -0.05) is 18.2 Å². The number of rotatable bonds is 8. The second kappa shape index (κ2) is 9.31. The molecular formula is C23H29N5. The van der Waals surface area contributed by atoms with Crippen LogP contribution in [-0.2, 0) is 0 Å². The Morgan fingerprint density at radius 1 is 0.500 bits per heavy atom. The molecule has 0 aliphatic heterocycles. The molecule has 0 amide bonds. The van der Waals surface area contributed by atoms with Crippen molar-refractivity contribution >= 4 is 11.6 Å². The Hall–Kier alpha value is -2.95. The molecule has 28 heavy (non-hydrogen) atoms. The summed E-state index contributed by atoms with van der Waals surface area (Å²) in [6.45, 7) is 12.3. The summed E-state index contributed by atoms with van der Waals surface area (Å²) in [5, 5.41) is 0. The zero-order chi connectivity index (χ0) is 19.9. The Balaban J connectivity index is 1.96. The minimum absolute atomic E-state index is 0.863. The lowest BCUT2D eigenvalue weighted by Crippen LogP contribution is -2.23. The molecule has 3 aromatic heterocycles. The monoisotopic (exact) mass is 375 g/mol. The van der Waals surface area contributed by atoms with Crippen molar-refractivity contribution in [2.24, 2.45) is 0 Å². The summed E-state index contributed by atoms with van der Waals surface area (Å²) in [6.07, 6.45) is 0. The Morgan fingerprint density at radius 3 is 1.18 bits per heavy atom. The van der Waals surface area contributed by atoms with Gasteiger partial charge in [-0.3, -0.25) is 0 Å². The number of nitrogens with zero attached hydrogens (tertiary/aromatic N) is 5. The van der Waals surface area contributed by atoms with E-state index in [1.165, 1.54) is 0 Å². The van der Waals surface area contributed by atoms with Crippen LogP contribution in [0.4, 0.5) is 11.6 Å². The summed E-state index contributed by atoms with van der Waals surface area (Å²) in [5.41, 5.74) is 3.49. The third kappa shape index (κ3) is 4.30. The lowest BCUT2D eigenvalue weighted by Gasteiger charge is -2.20. The van der Waals surface area contributed by atoms with Crippen LogP contribution in [0.3, 0.4) is 0 Å². The molecule has 146 valence electrons. The van der Waals surface area contributed by atoms with Crippen LogP contribution in [-0.4, -0.2) is 41.1 Å². The number of hydrogen-bond acceptors (Lipinski definition) is 5. The normalized spacial score (nSPS) is 10.7. The van der Waals surface area contributed by atoms with Gasteiger partial charge in [0.2, 0.25) is 0 Å². The number of anilines is 2. The summed E-state index contributed by atoms with van der Waals surface area (Å²) in [4.78, 5) is 19.0. The minimum Gasteiger partial charge on any atom is -0.357 e. The van der Waals surface area contributed by atoms with Gasteiger partial charge in [-0.15, -0.1) is 0 Å². The van der Waals surface area contributed by atoms with Gasteiger partial charge >= 0.3 is 0 Å². The van der Waals surface area contributed by atoms with Crippen molar-refractivity contribution in [1.29, 1.82) is 0 Å². The van der Waals surface area contributed by atoms with E-state index in [1.807, 2.05) is 42.5 Å². The lowest BCUT2D eigenvalue weighted by atomic mass is 10.2. The predicted molar refractivity (Wildman–Crippen MR) is 118 cm³/mol. The van der Waals surface area contributed by atoms with E-state index in [1.54, 1.807) is 0 Å². The summed E-state index contributed by atoms with van der Waals surface area (Å²) in [6, 6.07) is 18.3. The molecule has 0 N–H and O–H groups in total. The third-order valence-electron chi connectivity index (χ3n) is 4.92. The highest BCUT2D eigenvalue weighted by molar-refractivity contribution is 5.64. The number of hydrogen-bond donors (Lipinski definition) is 0. The molecule has 0 fully saturated rings. The fourth-order valence-corrected chi connectivity index (χ4v) is 3.30. The highest BCUT2D eigenvalue weighted by Crippen LogP contribution is 2.24. The lowest BCUT2D eigenvalue weighted by molar-refractivity contribution is 0.846. The summed E-state index contributed by atoms with van der Waals surface area (Å²) >= 11 is 0. The third-order valence-corrected chi connectivity index (χ3v) is 4.92. The maximum atomic E-state index is 4.86. The Bertz CT molecular complexity index is 830. The summed E-state index contributed by atoms with van der Waals surface area (Å²) < 4.78 is 0. The smallest absolute Gasteiger partial charge is 0.129 e. The molecule has 0 saturated heterocycles. The molecule has 0 bridgehead atoms. The second-order valence-corrected chi connectivity index (χ2v) is 6.51. The van der Waals surface area contributed by atoms with E-state index in [0.717, 1.165) is 60.6 Å². The van der Waals surface area contributed by atoms with Gasteiger partial charge in [-0.05, 0) is 64.1 Å². The Labute approximate surface area is 168 Å². The van der Waals surface area contributed by atoms with Crippen molar-refractivity contribution in [2.45, 2.75) is 27.7 Å². The van der Waals surface area contributed by atoms with Crippen molar-refractivity contribution in [3.63, 3.8) is 0 Å². The highest BCUT2D eigenvalue weighted by Gasteiger charge is 2.10. The number of pyridine rings is 3. The zero-order valence-corrected chi connectivity index (χ0v) is 17.3. The molecule has 0 saturated carbocycles. The van der Waals surface area contributed by atoms with Gasteiger partial charge in [-0.25, -0.2) is 15.0 Å². The average Bonchev–Trinajstić information content (AvgIpc) is 2.76. The van der Waals surface area contributed by atoms with Crippen LogP contribution >= 0.6 is 0 Å². The minimum atomic E-state index is 0.863. The topological polar surface area (TPSA) is 45.2 Å². The average molecular weight is 376 g/mol. The molecule has 0 atom stereocenters. The van der Waals surface area contributed by atoms with Crippen LogP contribution in [0.15, 0.2) is 54.6 Å². The molecule has 3 aromatic rings. The largest absolute Gasteiger partial charge is 0.357 e. The molecule has 0 aliphatic rings. The van der Waals surface area contributed by atoms with E-state index < -0.39 is 0 Å². The van der Waals surface area contributed by atoms with Gasteiger partial charge in [-0.2, -0.15) is 0 Å². The van der Waals surface area contributed by atoms with E-state index in [-0.39, 0.29) is 0 Å². The Morgan fingerprint density at radius 2 is 0.821 bits per heavy atom. The molecule has 0 aromatic carbocycles. The van der Waals surface area contributed by atoms with Gasteiger partial charge < -0.3 is 9.80 Å². The molecule has 3 rings (SSSR count). The highest BCUT2D eigenvalue weighted by atomic mass is 15.2. The van der Waals surface area contributed by atoms with Crippen molar-refractivity contribution in [3.05, 3.63) is 54.6 Å². The van der Waals surface area contributed by atoms with Crippen LogP contribution in [0.2, 0.25) is 0 Å². The second-order valence-electron chi connectivity index (χ2n) is 6.51. The summed E-state index contributed by atoms with van der Waals surface area (Å²) in [7, 11) is 0. The molecule has 3 heterocycles. The van der Waals surface area contributed by atoms with E-state index >= 15 is 0 Å². The first-order valence-electron chi connectivity index (χ1n) is 10.1. The fraction of sp³-hybridized carbons (Fsp3) is 0.348. The van der Waals surface area contributed by atoms with Crippen LogP contribution in [0.5, 0.6) is 0 Å². The van der Waals surface area contributed by atoms with Crippen LogP contribution in [0.1, 0.15) is 27.7 Å². The van der Waals surface area contributed by atoms with Gasteiger partial charge in [0.25, 0.3) is 0 Å². The van der Waals surface area contributed by atoms with Crippen molar-refractivity contribution in [3.8, 4) is 22.8 Å². The standard InChI is InChI=1S/C23H29N5/c1-5-27(6-2)22-16-10-14-20(25-22)18-12-9-13-19(24-18)21-15-11-17-23(26-21)28(7-3)8-4/h9-17H,5-8H2,1-4H3. The van der Waals surface area contributed by atoms with Gasteiger partial charge in [0.1, 0.15) is 11.6 Å². The quantitative estimate of drug-likeness (QED) is 0.560. The van der Waals surface area contributed by atoms with Crippen molar-refractivity contribution in [1.82, 2.24) is 15.0 Å².